The first-order valence-corrected chi connectivity index (χ1v) is 5.46. The third-order valence-electron chi connectivity index (χ3n) is 1.87. The molecule has 1 atom stereocenters. The minimum atomic E-state index is 0.252. The van der Waals surface area contributed by atoms with Gasteiger partial charge in [-0.2, -0.15) is 0 Å². The Balaban J connectivity index is 2.63. The molecule has 0 bridgehead atoms. The fourth-order valence-corrected chi connectivity index (χ4v) is 1.54. The summed E-state index contributed by atoms with van der Waals surface area (Å²) in [5.74, 6) is 0. The lowest BCUT2D eigenvalue weighted by atomic mass is 10.1. The highest BCUT2D eigenvalue weighted by atomic mass is 79.9. The van der Waals surface area contributed by atoms with Crippen molar-refractivity contribution in [2.45, 2.75) is 25.8 Å². The molecular weight excluding hydrogens is 249 g/mol. The zero-order valence-electron chi connectivity index (χ0n) is 7.56. The van der Waals surface area contributed by atoms with Crippen LogP contribution in [0.4, 0.5) is 0 Å². The maximum Gasteiger partial charge on any atom is 0.0550 e. The molecule has 0 spiro atoms. The quantitative estimate of drug-likeness (QED) is 0.888. The van der Waals surface area contributed by atoms with Crippen LogP contribution >= 0.6 is 27.5 Å². The number of halogens is 2. The fourth-order valence-electron chi connectivity index (χ4n) is 1.09. The van der Waals surface area contributed by atoms with Gasteiger partial charge >= 0.3 is 0 Å². The third-order valence-corrected chi connectivity index (χ3v) is 3.10. The van der Waals surface area contributed by atoms with Crippen molar-refractivity contribution in [3.8, 4) is 0 Å². The van der Waals surface area contributed by atoms with Gasteiger partial charge in [-0.25, -0.2) is 0 Å². The van der Waals surface area contributed by atoms with Crippen LogP contribution in [-0.4, -0.2) is 6.04 Å². The van der Waals surface area contributed by atoms with Crippen molar-refractivity contribution in [3.05, 3.63) is 33.3 Å². The summed E-state index contributed by atoms with van der Waals surface area (Å²) in [6.07, 6.45) is 1.99. The zero-order valence-corrected chi connectivity index (χ0v) is 9.90. The van der Waals surface area contributed by atoms with E-state index in [0.29, 0.717) is 0 Å². The minimum absolute atomic E-state index is 0.252. The van der Waals surface area contributed by atoms with Gasteiger partial charge in [0.15, 0.2) is 0 Å². The maximum absolute atomic E-state index is 5.95. The molecule has 1 aromatic rings. The van der Waals surface area contributed by atoms with E-state index in [4.69, 9.17) is 17.3 Å². The van der Waals surface area contributed by atoms with Gasteiger partial charge in [0.1, 0.15) is 0 Å². The molecule has 1 rings (SSSR count). The predicted octanol–water partition coefficient (Wildman–Crippen LogP) is 3.38. The molecule has 0 amide bonds. The number of benzene rings is 1. The Morgan fingerprint density at radius 2 is 2.23 bits per heavy atom. The van der Waals surface area contributed by atoms with Crippen molar-refractivity contribution in [2.75, 3.05) is 0 Å². The summed E-state index contributed by atoms with van der Waals surface area (Å²) in [6.45, 7) is 2.01. The molecule has 13 heavy (non-hydrogen) atoms. The van der Waals surface area contributed by atoms with Gasteiger partial charge in [-0.05, 0) is 53.4 Å². The van der Waals surface area contributed by atoms with E-state index in [0.717, 1.165) is 22.3 Å². The lowest BCUT2D eigenvalue weighted by Gasteiger charge is -2.05. The van der Waals surface area contributed by atoms with Crippen molar-refractivity contribution >= 4 is 27.5 Å². The normalized spacial score (nSPS) is 12.9. The molecule has 1 nitrogen and oxygen atoms in total. The second-order valence-electron chi connectivity index (χ2n) is 3.26. The van der Waals surface area contributed by atoms with Gasteiger partial charge in [0.25, 0.3) is 0 Å². The van der Waals surface area contributed by atoms with Gasteiger partial charge in [-0.3, -0.25) is 0 Å². The van der Waals surface area contributed by atoms with Crippen LogP contribution in [0.2, 0.25) is 5.02 Å². The average molecular weight is 263 g/mol. The minimum Gasteiger partial charge on any atom is -0.328 e. The number of nitrogens with two attached hydrogens (primary N) is 1. The Labute approximate surface area is 92.4 Å². The Morgan fingerprint density at radius 1 is 1.54 bits per heavy atom. The Bertz CT molecular complexity index is 286. The molecule has 0 saturated heterocycles. The molecule has 0 aliphatic rings. The van der Waals surface area contributed by atoms with Crippen LogP contribution in [0, 0.1) is 0 Å². The van der Waals surface area contributed by atoms with Gasteiger partial charge < -0.3 is 5.73 Å². The van der Waals surface area contributed by atoms with E-state index in [-0.39, 0.29) is 6.04 Å². The van der Waals surface area contributed by atoms with Gasteiger partial charge in [-0.1, -0.05) is 17.7 Å². The first-order valence-electron chi connectivity index (χ1n) is 4.29. The molecular formula is C10H13BrClN. The van der Waals surface area contributed by atoms with Crippen LogP contribution in [0.3, 0.4) is 0 Å². The van der Waals surface area contributed by atoms with Crippen molar-refractivity contribution in [2.24, 2.45) is 5.73 Å². The summed E-state index contributed by atoms with van der Waals surface area (Å²) >= 11 is 9.30. The highest BCUT2D eigenvalue weighted by Crippen LogP contribution is 2.23. The number of rotatable bonds is 3. The highest BCUT2D eigenvalue weighted by Gasteiger charge is 2.00. The Kier molecular flexibility index (Phi) is 4.23. The molecule has 0 radical (unpaired) electrons. The topological polar surface area (TPSA) is 26.0 Å². The predicted molar refractivity (Wildman–Crippen MR) is 61.1 cm³/mol. The van der Waals surface area contributed by atoms with Crippen LogP contribution in [0.25, 0.3) is 0 Å². The van der Waals surface area contributed by atoms with Crippen LogP contribution in [0.5, 0.6) is 0 Å². The van der Waals surface area contributed by atoms with E-state index in [9.17, 15) is 0 Å². The van der Waals surface area contributed by atoms with Gasteiger partial charge in [0, 0.05) is 10.5 Å². The standard InChI is InChI=1S/C10H13BrClN/c1-7(13)2-3-8-4-5-9(11)10(12)6-8/h4-7H,2-3,13H2,1H3/t7-/m0/s1. The molecule has 0 aromatic heterocycles. The molecule has 0 saturated carbocycles. The Morgan fingerprint density at radius 3 is 2.77 bits per heavy atom. The van der Waals surface area contributed by atoms with Crippen LogP contribution in [0.1, 0.15) is 18.9 Å². The van der Waals surface area contributed by atoms with Gasteiger partial charge in [0.2, 0.25) is 0 Å². The summed E-state index contributed by atoms with van der Waals surface area (Å²) in [7, 11) is 0. The van der Waals surface area contributed by atoms with Crippen molar-refractivity contribution in [3.63, 3.8) is 0 Å². The monoisotopic (exact) mass is 261 g/mol. The SMILES string of the molecule is C[C@H](N)CCc1ccc(Br)c(Cl)c1. The number of hydrogen-bond acceptors (Lipinski definition) is 1. The number of hydrogen-bond donors (Lipinski definition) is 1. The highest BCUT2D eigenvalue weighted by molar-refractivity contribution is 9.10. The smallest absolute Gasteiger partial charge is 0.0550 e. The summed E-state index contributed by atoms with van der Waals surface area (Å²) in [4.78, 5) is 0. The Hall–Kier alpha value is -0.0500. The third kappa shape index (κ3) is 3.67. The second-order valence-corrected chi connectivity index (χ2v) is 4.53. The summed E-state index contributed by atoms with van der Waals surface area (Å²) < 4.78 is 0.943. The molecule has 0 unspecified atom stereocenters. The molecule has 1 aromatic carbocycles. The van der Waals surface area contributed by atoms with Gasteiger partial charge in [-0.15, -0.1) is 0 Å². The fraction of sp³-hybridized carbons (Fsp3) is 0.400. The summed E-state index contributed by atoms with van der Waals surface area (Å²) in [6, 6.07) is 6.27. The zero-order chi connectivity index (χ0) is 9.84. The van der Waals surface area contributed by atoms with E-state index in [1.54, 1.807) is 0 Å². The van der Waals surface area contributed by atoms with E-state index < -0.39 is 0 Å². The van der Waals surface area contributed by atoms with Crippen molar-refractivity contribution in [1.82, 2.24) is 0 Å². The van der Waals surface area contributed by atoms with Crippen molar-refractivity contribution in [1.29, 1.82) is 0 Å². The van der Waals surface area contributed by atoms with E-state index >= 15 is 0 Å². The van der Waals surface area contributed by atoms with Crippen LogP contribution in [0.15, 0.2) is 22.7 Å². The number of aryl methyl sites for hydroxylation is 1. The van der Waals surface area contributed by atoms with Crippen molar-refractivity contribution < 1.29 is 0 Å². The van der Waals surface area contributed by atoms with E-state index in [1.165, 1.54) is 5.56 Å². The first kappa shape index (κ1) is 11.0. The van der Waals surface area contributed by atoms with Crippen LogP contribution < -0.4 is 5.73 Å². The molecule has 72 valence electrons. The summed E-state index contributed by atoms with van der Waals surface area (Å²) in [5.41, 5.74) is 6.91. The molecule has 0 aliphatic heterocycles. The molecule has 0 aliphatic carbocycles. The van der Waals surface area contributed by atoms with Gasteiger partial charge in [0.05, 0.1) is 5.02 Å². The largest absolute Gasteiger partial charge is 0.328 e. The second kappa shape index (κ2) is 4.99. The molecule has 0 heterocycles. The first-order chi connectivity index (χ1) is 6.09. The maximum atomic E-state index is 5.95. The van der Waals surface area contributed by atoms with Crippen LogP contribution in [-0.2, 0) is 6.42 Å². The molecule has 0 fully saturated rings. The molecule has 2 N–H and O–H groups in total. The average Bonchev–Trinajstić information content (AvgIpc) is 2.07. The lowest BCUT2D eigenvalue weighted by molar-refractivity contribution is 0.666. The van der Waals surface area contributed by atoms with E-state index in [1.807, 2.05) is 19.1 Å². The summed E-state index contributed by atoms with van der Waals surface area (Å²) in [5, 5.41) is 0.766. The van der Waals surface area contributed by atoms with E-state index in [2.05, 4.69) is 22.0 Å². The molecule has 3 heteroatoms. The lowest BCUT2D eigenvalue weighted by Crippen LogP contribution is -2.15.